The van der Waals surface area contributed by atoms with Gasteiger partial charge < -0.3 is 20.3 Å². The van der Waals surface area contributed by atoms with Crippen LogP contribution in [0, 0.1) is 0 Å². The van der Waals surface area contributed by atoms with E-state index in [0.717, 1.165) is 35.7 Å². The van der Waals surface area contributed by atoms with Gasteiger partial charge in [0.2, 0.25) is 11.9 Å². The van der Waals surface area contributed by atoms with Crippen LogP contribution in [0.2, 0.25) is 0 Å². The third kappa shape index (κ3) is 5.38. The van der Waals surface area contributed by atoms with Crippen molar-refractivity contribution >= 4 is 28.9 Å². The number of anilines is 4. The van der Waals surface area contributed by atoms with E-state index < -0.39 is 0 Å². The molecule has 31 heavy (non-hydrogen) atoms. The number of morpholine rings is 1. The molecule has 2 atom stereocenters. The Bertz CT molecular complexity index is 1030. The molecule has 0 spiro atoms. The molecule has 4 rings (SSSR count). The fraction of sp³-hybridized carbons (Fsp3) is 0.292. The molecule has 160 valence electrons. The highest BCUT2D eigenvalue weighted by molar-refractivity contribution is 5.88. The zero-order chi connectivity index (χ0) is 21.8. The maximum absolute atomic E-state index is 11.2. The number of nitrogens with one attached hydrogen (secondary N) is 2. The predicted molar refractivity (Wildman–Crippen MR) is 124 cm³/mol. The third-order valence-electron chi connectivity index (χ3n) is 5.06. The Morgan fingerprint density at radius 2 is 1.61 bits per heavy atom. The Morgan fingerprint density at radius 3 is 2.26 bits per heavy atom. The molecule has 2 heterocycles. The van der Waals surface area contributed by atoms with Crippen molar-refractivity contribution in [3.05, 3.63) is 60.8 Å². The minimum absolute atomic E-state index is 0.0927. The minimum Gasteiger partial charge on any atom is -0.372 e. The van der Waals surface area contributed by atoms with E-state index in [4.69, 9.17) is 4.74 Å². The molecule has 2 unspecified atom stereocenters. The van der Waals surface area contributed by atoms with Gasteiger partial charge >= 0.3 is 0 Å². The highest BCUT2D eigenvalue weighted by Crippen LogP contribution is 2.25. The van der Waals surface area contributed by atoms with Gasteiger partial charge in [0.15, 0.2) is 0 Å². The largest absolute Gasteiger partial charge is 0.372 e. The van der Waals surface area contributed by atoms with E-state index in [2.05, 4.69) is 51.5 Å². The minimum atomic E-state index is -0.0927. The second-order valence-electron chi connectivity index (χ2n) is 7.86. The monoisotopic (exact) mass is 417 g/mol. The molecule has 0 aliphatic carbocycles. The Hall–Kier alpha value is -3.45. The summed E-state index contributed by atoms with van der Waals surface area (Å²) in [4.78, 5) is 22.5. The molecule has 7 nitrogen and oxygen atoms in total. The first-order chi connectivity index (χ1) is 15.0. The SMILES string of the molecule is CC(=O)Nc1ccc(-c2ccnc(Nc3ccc(N4CC(C)OC(C)C4)cc3)n2)cc1. The van der Waals surface area contributed by atoms with Crippen LogP contribution in [-0.4, -0.2) is 41.2 Å². The lowest BCUT2D eigenvalue weighted by Gasteiger charge is -2.36. The zero-order valence-electron chi connectivity index (χ0n) is 18.0. The topological polar surface area (TPSA) is 79.4 Å². The first-order valence-electron chi connectivity index (χ1n) is 10.4. The summed E-state index contributed by atoms with van der Waals surface area (Å²) in [6, 6.07) is 17.7. The van der Waals surface area contributed by atoms with E-state index in [1.807, 2.05) is 42.5 Å². The lowest BCUT2D eigenvalue weighted by Crippen LogP contribution is -2.45. The number of amides is 1. The normalized spacial score (nSPS) is 18.5. The van der Waals surface area contributed by atoms with Gasteiger partial charge in [-0.05, 0) is 56.3 Å². The van der Waals surface area contributed by atoms with Gasteiger partial charge in [-0.25, -0.2) is 9.97 Å². The summed E-state index contributed by atoms with van der Waals surface area (Å²) < 4.78 is 5.82. The van der Waals surface area contributed by atoms with Crippen LogP contribution < -0.4 is 15.5 Å². The van der Waals surface area contributed by atoms with E-state index in [1.54, 1.807) is 6.20 Å². The highest BCUT2D eigenvalue weighted by atomic mass is 16.5. The van der Waals surface area contributed by atoms with Crippen LogP contribution in [0.5, 0.6) is 0 Å². The predicted octanol–water partition coefficient (Wildman–Crippen LogP) is 4.46. The third-order valence-corrected chi connectivity index (χ3v) is 5.06. The number of aromatic nitrogens is 2. The molecule has 1 fully saturated rings. The van der Waals surface area contributed by atoms with Crippen molar-refractivity contribution in [2.75, 3.05) is 28.6 Å². The van der Waals surface area contributed by atoms with Crippen molar-refractivity contribution in [1.29, 1.82) is 0 Å². The molecule has 1 aliphatic heterocycles. The number of carbonyl (C=O) groups is 1. The Morgan fingerprint density at radius 1 is 0.968 bits per heavy atom. The summed E-state index contributed by atoms with van der Waals surface area (Å²) in [5.41, 5.74) is 4.62. The first-order valence-corrected chi connectivity index (χ1v) is 10.4. The number of carbonyl (C=O) groups excluding carboxylic acids is 1. The van der Waals surface area contributed by atoms with Crippen molar-refractivity contribution in [1.82, 2.24) is 9.97 Å². The molecule has 2 aromatic carbocycles. The van der Waals surface area contributed by atoms with E-state index in [9.17, 15) is 4.79 Å². The molecule has 0 radical (unpaired) electrons. The summed E-state index contributed by atoms with van der Waals surface area (Å²) in [5.74, 6) is 0.440. The summed E-state index contributed by atoms with van der Waals surface area (Å²) in [5, 5.41) is 6.04. The molecule has 1 aliphatic rings. The smallest absolute Gasteiger partial charge is 0.227 e. The molecular weight excluding hydrogens is 390 g/mol. The maximum atomic E-state index is 11.2. The Labute approximate surface area is 182 Å². The van der Waals surface area contributed by atoms with Crippen molar-refractivity contribution in [3.63, 3.8) is 0 Å². The van der Waals surface area contributed by atoms with Crippen LogP contribution >= 0.6 is 0 Å². The van der Waals surface area contributed by atoms with Crippen LogP contribution in [0.25, 0.3) is 11.3 Å². The van der Waals surface area contributed by atoms with Crippen molar-refractivity contribution < 1.29 is 9.53 Å². The fourth-order valence-corrected chi connectivity index (χ4v) is 3.78. The quantitative estimate of drug-likeness (QED) is 0.638. The van der Waals surface area contributed by atoms with Crippen LogP contribution in [0.15, 0.2) is 60.8 Å². The molecule has 0 saturated carbocycles. The Kier molecular flexibility index (Phi) is 6.13. The van der Waals surface area contributed by atoms with Gasteiger partial charge in [0, 0.05) is 48.8 Å². The molecule has 0 bridgehead atoms. The highest BCUT2D eigenvalue weighted by Gasteiger charge is 2.22. The molecule has 1 saturated heterocycles. The average Bonchev–Trinajstić information content (AvgIpc) is 2.74. The van der Waals surface area contributed by atoms with Crippen LogP contribution in [0.1, 0.15) is 20.8 Å². The van der Waals surface area contributed by atoms with Gasteiger partial charge in [-0.1, -0.05) is 12.1 Å². The van der Waals surface area contributed by atoms with E-state index >= 15 is 0 Å². The van der Waals surface area contributed by atoms with Gasteiger partial charge in [-0.3, -0.25) is 4.79 Å². The maximum Gasteiger partial charge on any atom is 0.227 e. The van der Waals surface area contributed by atoms with E-state index in [0.29, 0.717) is 5.95 Å². The number of benzene rings is 2. The molecule has 1 amide bonds. The van der Waals surface area contributed by atoms with Crippen LogP contribution in [-0.2, 0) is 9.53 Å². The fourth-order valence-electron chi connectivity index (χ4n) is 3.78. The molecule has 7 heteroatoms. The summed E-state index contributed by atoms with van der Waals surface area (Å²) in [6.45, 7) is 7.49. The van der Waals surface area contributed by atoms with Crippen molar-refractivity contribution in [2.24, 2.45) is 0 Å². The van der Waals surface area contributed by atoms with Gasteiger partial charge in [-0.2, -0.15) is 0 Å². The first kappa shape index (κ1) is 20.8. The van der Waals surface area contributed by atoms with Gasteiger partial charge in [-0.15, -0.1) is 0 Å². The summed E-state index contributed by atoms with van der Waals surface area (Å²) in [7, 11) is 0. The zero-order valence-corrected chi connectivity index (χ0v) is 18.0. The van der Waals surface area contributed by atoms with Crippen molar-refractivity contribution in [3.8, 4) is 11.3 Å². The van der Waals surface area contributed by atoms with Gasteiger partial charge in [0.25, 0.3) is 0 Å². The standard InChI is InChI=1S/C24H27N5O2/c1-16-14-29(15-17(2)31-16)22-10-8-21(9-11-22)27-24-25-13-12-23(28-24)19-4-6-20(7-5-19)26-18(3)30/h4-13,16-17H,14-15H2,1-3H3,(H,26,30)(H,25,27,28). The second-order valence-corrected chi connectivity index (χ2v) is 7.86. The number of rotatable bonds is 5. The summed E-state index contributed by atoms with van der Waals surface area (Å²) in [6.07, 6.45) is 2.19. The van der Waals surface area contributed by atoms with E-state index in [1.165, 1.54) is 12.6 Å². The molecule has 1 aromatic heterocycles. The van der Waals surface area contributed by atoms with Gasteiger partial charge in [0.05, 0.1) is 17.9 Å². The van der Waals surface area contributed by atoms with Crippen molar-refractivity contribution in [2.45, 2.75) is 33.0 Å². The van der Waals surface area contributed by atoms with E-state index in [-0.39, 0.29) is 18.1 Å². The second kappa shape index (κ2) is 9.14. The summed E-state index contributed by atoms with van der Waals surface area (Å²) >= 11 is 0. The van der Waals surface area contributed by atoms with Gasteiger partial charge in [0.1, 0.15) is 0 Å². The van der Waals surface area contributed by atoms with Crippen LogP contribution in [0.3, 0.4) is 0 Å². The molecule has 2 N–H and O–H groups in total. The number of hydrogen-bond donors (Lipinski definition) is 2. The Balaban J connectivity index is 1.44. The molecule has 3 aromatic rings. The van der Waals surface area contributed by atoms with Crippen LogP contribution in [0.4, 0.5) is 23.0 Å². The number of hydrogen-bond acceptors (Lipinski definition) is 6. The lowest BCUT2D eigenvalue weighted by atomic mass is 10.1. The molecular formula is C24H27N5O2. The number of ether oxygens (including phenoxy) is 1. The number of nitrogens with zero attached hydrogens (tertiary/aromatic N) is 3. The average molecular weight is 418 g/mol. The lowest BCUT2D eigenvalue weighted by molar-refractivity contribution is -0.114.